The highest BCUT2D eigenvalue weighted by atomic mass is 31.2. The summed E-state index contributed by atoms with van der Waals surface area (Å²) in [5.41, 5.74) is 5.39. The van der Waals surface area contributed by atoms with E-state index in [1.807, 2.05) is 4.67 Å². The average Bonchev–Trinajstić information content (AvgIpc) is 2.82. The minimum Gasteiger partial charge on any atom is -0.468 e. The molecule has 0 aliphatic carbocycles. The SMILES string of the molecule is COC(=O)C(C)NP(Oc1ccc(F)cc1)N1CCC(NC(=O)/C(N)=C(/C=N)NC=O)CC1. The molecule has 1 saturated heterocycles. The Bertz CT molecular complexity index is 876. The molecule has 0 saturated carbocycles. The molecule has 0 radical (unpaired) electrons. The van der Waals surface area contributed by atoms with Crippen LogP contribution in [0.2, 0.25) is 0 Å². The van der Waals surface area contributed by atoms with Crippen LogP contribution in [-0.2, 0) is 19.1 Å². The van der Waals surface area contributed by atoms with Gasteiger partial charge in [-0.05, 0) is 44.0 Å². The van der Waals surface area contributed by atoms with Crippen molar-refractivity contribution in [1.82, 2.24) is 20.4 Å². The molecule has 13 heteroatoms. The smallest absolute Gasteiger partial charge is 0.322 e. The summed E-state index contributed by atoms with van der Waals surface area (Å²) in [4.78, 5) is 34.8. The number of halogens is 1. The van der Waals surface area contributed by atoms with Crippen molar-refractivity contribution in [3.63, 3.8) is 0 Å². The van der Waals surface area contributed by atoms with Gasteiger partial charge in [0, 0.05) is 25.3 Å². The van der Waals surface area contributed by atoms with Crippen LogP contribution in [0.3, 0.4) is 0 Å². The van der Waals surface area contributed by atoms with E-state index in [2.05, 4.69) is 15.7 Å². The fourth-order valence-corrected chi connectivity index (χ4v) is 4.68. The van der Waals surface area contributed by atoms with Gasteiger partial charge in [0.1, 0.15) is 23.3 Å². The normalized spacial score (nSPS) is 17.2. The summed E-state index contributed by atoms with van der Waals surface area (Å²) in [5.74, 6) is -0.964. The number of esters is 1. The van der Waals surface area contributed by atoms with Gasteiger partial charge in [-0.1, -0.05) is 0 Å². The van der Waals surface area contributed by atoms with Crippen molar-refractivity contribution < 1.29 is 28.0 Å². The minimum atomic E-state index is -1.48. The van der Waals surface area contributed by atoms with E-state index >= 15 is 0 Å². The Morgan fingerprint density at radius 3 is 2.48 bits per heavy atom. The van der Waals surface area contributed by atoms with E-state index in [0.29, 0.717) is 38.1 Å². The number of carbonyl (C=O) groups is 3. The van der Waals surface area contributed by atoms with Crippen molar-refractivity contribution in [1.29, 1.82) is 5.41 Å². The maximum atomic E-state index is 13.2. The van der Waals surface area contributed by atoms with Gasteiger partial charge in [-0.2, -0.15) is 0 Å². The maximum absolute atomic E-state index is 13.2. The Balaban J connectivity index is 2.03. The lowest BCUT2D eigenvalue weighted by Gasteiger charge is -2.37. The average molecular weight is 482 g/mol. The lowest BCUT2D eigenvalue weighted by molar-refractivity contribution is -0.142. The molecule has 1 aliphatic heterocycles. The van der Waals surface area contributed by atoms with Gasteiger partial charge in [0.15, 0.2) is 0 Å². The van der Waals surface area contributed by atoms with Gasteiger partial charge in [-0.3, -0.25) is 14.4 Å². The summed E-state index contributed by atoms with van der Waals surface area (Å²) in [6.07, 6.45) is 2.27. The van der Waals surface area contributed by atoms with Gasteiger partial charge in [0.25, 0.3) is 5.91 Å². The molecule has 2 rings (SSSR count). The van der Waals surface area contributed by atoms with Gasteiger partial charge in [-0.25, -0.2) is 14.1 Å². The zero-order chi connectivity index (χ0) is 24.4. The molecule has 1 aromatic carbocycles. The summed E-state index contributed by atoms with van der Waals surface area (Å²) in [7, 11) is -0.179. The van der Waals surface area contributed by atoms with Gasteiger partial charge >= 0.3 is 5.97 Å². The highest BCUT2D eigenvalue weighted by Gasteiger charge is 2.31. The van der Waals surface area contributed by atoms with Crippen LogP contribution in [0.5, 0.6) is 5.75 Å². The monoisotopic (exact) mass is 482 g/mol. The zero-order valence-electron chi connectivity index (χ0n) is 18.3. The first kappa shape index (κ1) is 26.2. The number of nitrogens with two attached hydrogens (primary N) is 1. The lowest BCUT2D eigenvalue weighted by Crippen LogP contribution is -2.47. The van der Waals surface area contributed by atoms with E-state index < -0.39 is 26.4 Å². The maximum Gasteiger partial charge on any atom is 0.322 e. The number of ether oxygens (including phenoxy) is 1. The Kier molecular flexibility index (Phi) is 10.2. The largest absolute Gasteiger partial charge is 0.468 e. The summed E-state index contributed by atoms with van der Waals surface area (Å²) in [6.45, 7) is 2.73. The number of methoxy groups -OCH3 is 1. The number of nitrogens with zero attached hydrogens (tertiary/aromatic N) is 1. The predicted molar refractivity (Wildman–Crippen MR) is 120 cm³/mol. The first-order chi connectivity index (χ1) is 15.8. The number of hydrogen-bond acceptors (Lipinski definition) is 9. The number of hydrogen-bond donors (Lipinski definition) is 5. The van der Waals surface area contributed by atoms with Crippen LogP contribution in [-0.4, -0.2) is 61.5 Å². The Morgan fingerprint density at radius 2 is 1.94 bits per heavy atom. The van der Waals surface area contributed by atoms with Crippen LogP contribution in [0, 0.1) is 11.2 Å². The Morgan fingerprint density at radius 1 is 1.30 bits per heavy atom. The molecule has 2 unspecified atom stereocenters. The molecule has 0 spiro atoms. The number of carbonyl (C=O) groups excluding carboxylic acids is 3. The highest BCUT2D eigenvalue weighted by Crippen LogP contribution is 2.41. The van der Waals surface area contributed by atoms with E-state index in [-0.39, 0.29) is 23.3 Å². The molecule has 180 valence electrons. The third kappa shape index (κ3) is 7.77. The van der Waals surface area contributed by atoms with Crippen LogP contribution >= 0.6 is 8.45 Å². The summed E-state index contributed by atoms with van der Waals surface area (Å²) in [5, 5.41) is 15.4. The van der Waals surface area contributed by atoms with Crippen molar-refractivity contribution in [2.45, 2.75) is 31.8 Å². The molecule has 0 bridgehead atoms. The van der Waals surface area contributed by atoms with Gasteiger partial charge in [0.2, 0.25) is 14.9 Å². The molecule has 1 heterocycles. The van der Waals surface area contributed by atoms with Crippen LogP contribution < -0.4 is 26.0 Å². The van der Waals surface area contributed by atoms with E-state index in [9.17, 15) is 18.8 Å². The predicted octanol–water partition coefficient (Wildman–Crippen LogP) is 0.729. The van der Waals surface area contributed by atoms with E-state index in [1.54, 1.807) is 6.92 Å². The van der Waals surface area contributed by atoms with Gasteiger partial charge < -0.3 is 31.0 Å². The van der Waals surface area contributed by atoms with E-state index in [1.165, 1.54) is 31.4 Å². The fraction of sp³-hybridized carbons (Fsp3) is 0.400. The van der Waals surface area contributed by atoms with Crippen LogP contribution in [0.4, 0.5) is 4.39 Å². The Labute approximate surface area is 192 Å². The number of amides is 2. The molecule has 11 nitrogen and oxygen atoms in total. The molecule has 33 heavy (non-hydrogen) atoms. The topological polar surface area (TPSA) is 159 Å². The highest BCUT2D eigenvalue weighted by molar-refractivity contribution is 7.48. The molecular weight excluding hydrogens is 454 g/mol. The standard InChI is InChI=1S/C20H28FN6O5P/c1-13(20(30)31-2)26-33(32-16-5-3-14(21)4-6-16)27-9-7-15(8-10-27)25-19(29)18(23)17(11-22)24-12-28/h3-6,11-13,15,22,26H,7-10,23H2,1-2H3,(H,24,28)(H,25,29)/b18-17+,22-11?. The lowest BCUT2D eigenvalue weighted by atomic mass is 10.1. The van der Waals surface area contributed by atoms with Gasteiger partial charge in [0.05, 0.1) is 12.8 Å². The number of nitrogens with one attached hydrogen (secondary N) is 4. The van der Waals surface area contributed by atoms with Crippen molar-refractivity contribution in [2.75, 3.05) is 20.2 Å². The second-order valence-electron chi connectivity index (χ2n) is 7.13. The van der Waals surface area contributed by atoms with Gasteiger partial charge in [-0.15, -0.1) is 0 Å². The minimum absolute atomic E-state index is 0.0860. The second-order valence-corrected chi connectivity index (χ2v) is 8.68. The summed E-state index contributed by atoms with van der Waals surface area (Å²) < 4.78 is 26.1. The van der Waals surface area contributed by atoms with Crippen LogP contribution in [0.15, 0.2) is 35.7 Å². The second kappa shape index (κ2) is 12.8. The Hall–Kier alpha value is -3.08. The van der Waals surface area contributed by atoms with Crippen LogP contribution in [0.25, 0.3) is 0 Å². The quantitative estimate of drug-likeness (QED) is 0.102. The third-order valence-electron chi connectivity index (χ3n) is 4.82. The van der Waals surface area contributed by atoms with Crippen molar-refractivity contribution >= 4 is 33.0 Å². The molecule has 0 aromatic heterocycles. The number of rotatable bonds is 11. The first-order valence-electron chi connectivity index (χ1n) is 10.1. The number of allylic oxidation sites excluding steroid dienone is 1. The molecular formula is C20H28FN6O5P. The van der Waals surface area contributed by atoms with Crippen molar-refractivity contribution in [2.24, 2.45) is 5.73 Å². The molecule has 2 atom stereocenters. The van der Waals surface area contributed by atoms with Crippen molar-refractivity contribution in [3.8, 4) is 5.75 Å². The molecule has 6 N–H and O–H groups in total. The third-order valence-corrected chi connectivity index (χ3v) is 6.73. The van der Waals surface area contributed by atoms with E-state index in [0.717, 1.165) is 6.21 Å². The fourth-order valence-electron chi connectivity index (χ4n) is 2.99. The van der Waals surface area contributed by atoms with E-state index in [4.69, 9.17) is 20.4 Å². The summed E-state index contributed by atoms with van der Waals surface area (Å²) in [6, 6.07) is 4.77. The molecule has 1 fully saturated rings. The number of piperidine rings is 1. The van der Waals surface area contributed by atoms with Crippen LogP contribution in [0.1, 0.15) is 19.8 Å². The molecule has 1 aliphatic rings. The molecule has 2 amide bonds. The first-order valence-corrected chi connectivity index (χ1v) is 11.3. The molecule has 1 aromatic rings. The number of benzene rings is 1. The summed E-state index contributed by atoms with van der Waals surface area (Å²) >= 11 is 0. The zero-order valence-corrected chi connectivity index (χ0v) is 19.2. The van der Waals surface area contributed by atoms with Crippen molar-refractivity contribution in [3.05, 3.63) is 41.5 Å².